The molecular formula is C15H13N3O. The third kappa shape index (κ3) is 2.47. The highest BCUT2D eigenvalue weighted by Gasteiger charge is 2.05. The summed E-state index contributed by atoms with van der Waals surface area (Å²) in [5.74, 6) is 0.557. The lowest BCUT2D eigenvalue weighted by Gasteiger charge is -2.08. The van der Waals surface area contributed by atoms with Crippen LogP contribution in [0, 0.1) is 0 Å². The first-order valence-corrected chi connectivity index (χ1v) is 6.00. The Balaban J connectivity index is 1.90. The summed E-state index contributed by atoms with van der Waals surface area (Å²) in [5.41, 5.74) is 8.38. The van der Waals surface area contributed by atoms with Crippen molar-refractivity contribution in [2.45, 2.75) is 6.61 Å². The van der Waals surface area contributed by atoms with Crippen molar-refractivity contribution < 1.29 is 4.74 Å². The molecule has 0 aliphatic rings. The van der Waals surface area contributed by atoms with E-state index in [1.807, 2.05) is 48.5 Å². The van der Waals surface area contributed by atoms with Gasteiger partial charge < -0.3 is 10.5 Å². The number of nitrogens with two attached hydrogens (primary N) is 1. The van der Waals surface area contributed by atoms with E-state index in [-0.39, 0.29) is 0 Å². The molecule has 2 aromatic carbocycles. The lowest BCUT2D eigenvalue weighted by atomic mass is 10.2. The molecule has 0 aliphatic carbocycles. The molecule has 3 aromatic rings. The SMILES string of the molecule is Nc1ccc2ncnc(OCc3ccccc3)c2c1. The van der Waals surface area contributed by atoms with Crippen LogP contribution in [-0.4, -0.2) is 9.97 Å². The van der Waals surface area contributed by atoms with Gasteiger partial charge in [0.25, 0.3) is 0 Å². The first-order chi connectivity index (χ1) is 9.33. The lowest BCUT2D eigenvalue weighted by Crippen LogP contribution is -1.99. The van der Waals surface area contributed by atoms with Crippen molar-refractivity contribution in [3.8, 4) is 5.88 Å². The van der Waals surface area contributed by atoms with Crippen LogP contribution in [0.3, 0.4) is 0 Å². The van der Waals surface area contributed by atoms with E-state index in [1.54, 1.807) is 0 Å². The quantitative estimate of drug-likeness (QED) is 0.727. The molecule has 0 bridgehead atoms. The number of hydrogen-bond acceptors (Lipinski definition) is 4. The topological polar surface area (TPSA) is 61.0 Å². The van der Waals surface area contributed by atoms with Crippen LogP contribution in [0.4, 0.5) is 5.69 Å². The van der Waals surface area contributed by atoms with Gasteiger partial charge in [-0.2, -0.15) is 0 Å². The average molecular weight is 251 g/mol. The van der Waals surface area contributed by atoms with Crippen molar-refractivity contribution in [1.82, 2.24) is 9.97 Å². The maximum Gasteiger partial charge on any atom is 0.224 e. The zero-order valence-corrected chi connectivity index (χ0v) is 10.3. The molecule has 0 atom stereocenters. The zero-order chi connectivity index (χ0) is 13.1. The van der Waals surface area contributed by atoms with Crippen LogP contribution >= 0.6 is 0 Å². The second-order valence-corrected chi connectivity index (χ2v) is 4.23. The molecule has 2 N–H and O–H groups in total. The largest absolute Gasteiger partial charge is 0.472 e. The van der Waals surface area contributed by atoms with E-state index in [0.29, 0.717) is 18.2 Å². The van der Waals surface area contributed by atoms with Crippen molar-refractivity contribution in [3.05, 3.63) is 60.4 Å². The lowest BCUT2D eigenvalue weighted by molar-refractivity contribution is 0.297. The maximum absolute atomic E-state index is 5.79. The number of hydrogen-bond donors (Lipinski definition) is 1. The molecule has 0 aliphatic heterocycles. The van der Waals surface area contributed by atoms with Gasteiger partial charge in [-0.15, -0.1) is 0 Å². The number of rotatable bonds is 3. The van der Waals surface area contributed by atoms with E-state index in [2.05, 4.69) is 9.97 Å². The molecular weight excluding hydrogens is 238 g/mol. The number of nitrogens with zero attached hydrogens (tertiary/aromatic N) is 2. The van der Waals surface area contributed by atoms with Crippen LogP contribution in [0.2, 0.25) is 0 Å². The molecule has 19 heavy (non-hydrogen) atoms. The fourth-order valence-electron chi connectivity index (χ4n) is 1.89. The van der Waals surface area contributed by atoms with E-state index in [9.17, 15) is 0 Å². The Morgan fingerprint density at radius 2 is 1.84 bits per heavy atom. The second kappa shape index (κ2) is 4.94. The molecule has 3 rings (SSSR count). The average Bonchev–Trinajstić information content (AvgIpc) is 2.46. The van der Waals surface area contributed by atoms with E-state index in [0.717, 1.165) is 16.5 Å². The van der Waals surface area contributed by atoms with Crippen LogP contribution in [0.5, 0.6) is 5.88 Å². The van der Waals surface area contributed by atoms with Gasteiger partial charge in [-0.25, -0.2) is 9.97 Å². The molecule has 0 saturated carbocycles. The number of ether oxygens (including phenoxy) is 1. The van der Waals surface area contributed by atoms with Crippen LogP contribution in [0.1, 0.15) is 5.56 Å². The Morgan fingerprint density at radius 3 is 2.68 bits per heavy atom. The summed E-state index contributed by atoms with van der Waals surface area (Å²) in [5, 5.41) is 0.832. The smallest absolute Gasteiger partial charge is 0.224 e. The number of fused-ring (bicyclic) bond motifs is 1. The minimum Gasteiger partial charge on any atom is -0.472 e. The Labute approximate surface area is 110 Å². The van der Waals surface area contributed by atoms with Crippen LogP contribution in [0.25, 0.3) is 10.9 Å². The van der Waals surface area contributed by atoms with Crippen molar-refractivity contribution >= 4 is 16.6 Å². The summed E-state index contributed by atoms with van der Waals surface area (Å²) in [7, 11) is 0. The second-order valence-electron chi connectivity index (χ2n) is 4.23. The molecule has 0 amide bonds. The first-order valence-electron chi connectivity index (χ1n) is 6.00. The summed E-state index contributed by atoms with van der Waals surface area (Å²) in [6.45, 7) is 0.474. The number of anilines is 1. The fourth-order valence-corrected chi connectivity index (χ4v) is 1.89. The molecule has 0 saturated heterocycles. The highest BCUT2D eigenvalue weighted by molar-refractivity contribution is 5.86. The van der Waals surface area contributed by atoms with Gasteiger partial charge in [0.1, 0.15) is 12.9 Å². The maximum atomic E-state index is 5.79. The minimum absolute atomic E-state index is 0.474. The van der Waals surface area contributed by atoms with Crippen LogP contribution in [0.15, 0.2) is 54.9 Å². The first kappa shape index (κ1) is 11.5. The Hall–Kier alpha value is -2.62. The molecule has 0 fully saturated rings. The van der Waals surface area contributed by atoms with Gasteiger partial charge >= 0.3 is 0 Å². The molecule has 0 unspecified atom stereocenters. The number of benzene rings is 2. The van der Waals surface area contributed by atoms with Gasteiger partial charge in [0.2, 0.25) is 5.88 Å². The predicted octanol–water partition coefficient (Wildman–Crippen LogP) is 2.79. The minimum atomic E-state index is 0.474. The molecule has 1 heterocycles. The van der Waals surface area contributed by atoms with Crippen molar-refractivity contribution in [2.24, 2.45) is 0 Å². The summed E-state index contributed by atoms with van der Waals surface area (Å²) in [6, 6.07) is 15.5. The Morgan fingerprint density at radius 1 is 1.00 bits per heavy atom. The van der Waals surface area contributed by atoms with Crippen LogP contribution < -0.4 is 10.5 Å². The van der Waals surface area contributed by atoms with E-state index >= 15 is 0 Å². The van der Waals surface area contributed by atoms with Crippen molar-refractivity contribution in [3.63, 3.8) is 0 Å². The van der Waals surface area contributed by atoms with E-state index in [1.165, 1.54) is 6.33 Å². The fraction of sp³-hybridized carbons (Fsp3) is 0.0667. The standard InChI is InChI=1S/C15H13N3O/c16-12-6-7-14-13(8-12)15(18-10-17-14)19-9-11-4-2-1-3-5-11/h1-8,10H,9,16H2. The molecule has 4 heteroatoms. The molecule has 1 aromatic heterocycles. The van der Waals surface area contributed by atoms with Gasteiger partial charge in [0.15, 0.2) is 0 Å². The van der Waals surface area contributed by atoms with Crippen molar-refractivity contribution in [1.29, 1.82) is 0 Å². The summed E-state index contributed by atoms with van der Waals surface area (Å²) >= 11 is 0. The summed E-state index contributed by atoms with van der Waals surface area (Å²) in [4.78, 5) is 8.37. The van der Waals surface area contributed by atoms with Gasteiger partial charge in [-0.1, -0.05) is 30.3 Å². The Kier molecular flexibility index (Phi) is 2.98. The molecule has 4 nitrogen and oxygen atoms in total. The third-order valence-corrected chi connectivity index (χ3v) is 2.84. The monoisotopic (exact) mass is 251 g/mol. The van der Waals surface area contributed by atoms with E-state index in [4.69, 9.17) is 10.5 Å². The van der Waals surface area contributed by atoms with Gasteiger partial charge in [-0.05, 0) is 23.8 Å². The van der Waals surface area contributed by atoms with E-state index < -0.39 is 0 Å². The summed E-state index contributed by atoms with van der Waals surface area (Å²) in [6.07, 6.45) is 1.50. The van der Waals surface area contributed by atoms with Crippen molar-refractivity contribution in [2.75, 3.05) is 5.73 Å². The normalized spacial score (nSPS) is 10.5. The zero-order valence-electron chi connectivity index (χ0n) is 10.3. The van der Waals surface area contributed by atoms with Gasteiger partial charge in [-0.3, -0.25) is 0 Å². The summed E-state index contributed by atoms with van der Waals surface area (Å²) < 4.78 is 5.75. The predicted molar refractivity (Wildman–Crippen MR) is 74.7 cm³/mol. The van der Waals surface area contributed by atoms with Crippen LogP contribution in [-0.2, 0) is 6.61 Å². The highest BCUT2D eigenvalue weighted by atomic mass is 16.5. The number of nitrogen functional groups attached to an aromatic ring is 1. The third-order valence-electron chi connectivity index (χ3n) is 2.84. The molecule has 0 spiro atoms. The Bertz CT molecular complexity index is 698. The number of aromatic nitrogens is 2. The van der Waals surface area contributed by atoms with Gasteiger partial charge in [0.05, 0.1) is 10.9 Å². The molecule has 94 valence electrons. The highest BCUT2D eigenvalue weighted by Crippen LogP contribution is 2.24. The van der Waals surface area contributed by atoms with Gasteiger partial charge in [0, 0.05) is 5.69 Å². The molecule has 0 radical (unpaired) electrons.